The molecule has 1 aliphatic heterocycles. The number of nitrogens with zero attached hydrogens (tertiary/aromatic N) is 3. The Morgan fingerprint density at radius 1 is 1.06 bits per heavy atom. The summed E-state index contributed by atoms with van der Waals surface area (Å²) in [4.78, 5) is 6.49. The van der Waals surface area contributed by atoms with Gasteiger partial charge in [-0.2, -0.15) is 0 Å². The summed E-state index contributed by atoms with van der Waals surface area (Å²) in [5, 5.41) is 11.2. The van der Waals surface area contributed by atoms with Crippen molar-refractivity contribution in [2.75, 3.05) is 26.3 Å². The molecule has 2 heterocycles. The van der Waals surface area contributed by atoms with E-state index < -0.39 is 5.60 Å². The number of aromatic nitrogens is 2. The fraction of sp³-hybridized carbons (Fsp3) is 0.464. The van der Waals surface area contributed by atoms with Crippen LogP contribution in [0.1, 0.15) is 42.4 Å². The fourth-order valence-corrected chi connectivity index (χ4v) is 4.56. The zero-order chi connectivity index (χ0) is 23.8. The standard InChI is InChI=1S/C28H37N3O3/c1-23-8-9-27(24(2)18-23)34-21-28(32)10-4-13-30(15-11-28)20-25-6-3-7-26(19-25)33-17-5-14-31-16-12-29-22-31/h3,6-9,12,16,18-19,22,32H,4-5,10-11,13-15,17,20-21H2,1-2H3/t28-/m0/s1. The van der Waals surface area contributed by atoms with Gasteiger partial charge in [-0.05, 0) is 75.4 Å². The van der Waals surface area contributed by atoms with Crippen LogP contribution in [0.15, 0.2) is 61.2 Å². The van der Waals surface area contributed by atoms with E-state index in [9.17, 15) is 5.11 Å². The van der Waals surface area contributed by atoms with Gasteiger partial charge in [-0.1, -0.05) is 29.8 Å². The summed E-state index contributed by atoms with van der Waals surface area (Å²) in [6.07, 6.45) is 8.96. The van der Waals surface area contributed by atoms with Crippen molar-refractivity contribution in [1.29, 1.82) is 0 Å². The Morgan fingerprint density at radius 3 is 2.79 bits per heavy atom. The zero-order valence-corrected chi connectivity index (χ0v) is 20.4. The number of imidazole rings is 1. The predicted molar refractivity (Wildman–Crippen MR) is 134 cm³/mol. The molecule has 0 unspecified atom stereocenters. The van der Waals surface area contributed by atoms with Crippen LogP contribution in [0.4, 0.5) is 0 Å². The van der Waals surface area contributed by atoms with Crippen LogP contribution in [-0.2, 0) is 13.1 Å². The van der Waals surface area contributed by atoms with Crippen molar-refractivity contribution in [3.63, 3.8) is 0 Å². The first-order valence-corrected chi connectivity index (χ1v) is 12.3. The summed E-state index contributed by atoms with van der Waals surface area (Å²) in [5.41, 5.74) is 2.79. The third kappa shape index (κ3) is 7.08. The van der Waals surface area contributed by atoms with Crippen LogP contribution in [0.3, 0.4) is 0 Å². The highest BCUT2D eigenvalue weighted by molar-refractivity contribution is 5.35. The molecule has 0 amide bonds. The quantitative estimate of drug-likeness (QED) is 0.439. The molecule has 1 saturated heterocycles. The van der Waals surface area contributed by atoms with Crippen molar-refractivity contribution in [2.45, 2.75) is 58.2 Å². The van der Waals surface area contributed by atoms with Crippen molar-refractivity contribution in [2.24, 2.45) is 0 Å². The van der Waals surface area contributed by atoms with E-state index in [-0.39, 0.29) is 0 Å². The third-order valence-electron chi connectivity index (χ3n) is 6.53. The lowest BCUT2D eigenvalue weighted by molar-refractivity contribution is -0.0170. The topological polar surface area (TPSA) is 59.8 Å². The maximum Gasteiger partial charge on any atom is 0.122 e. The van der Waals surface area contributed by atoms with Gasteiger partial charge >= 0.3 is 0 Å². The number of hydrogen-bond acceptors (Lipinski definition) is 5. The molecule has 0 bridgehead atoms. The van der Waals surface area contributed by atoms with Crippen molar-refractivity contribution in [3.8, 4) is 11.5 Å². The maximum atomic E-state index is 11.2. The minimum Gasteiger partial charge on any atom is -0.494 e. The van der Waals surface area contributed by atoms with E-state index in [1.54, 1.807) is 6.20 Å². The minimum atomic E-state index is -0.785. The van der Waals surface area contributed by atoms with Crippen LogP contribution in [0, 0.1) is 13.8 Å². The lowest BCUT2D eigenvalue weighted by Gasteiger charge is -2.27. The third-order valence-corrected chi connectivity index (χ3v) is 6.53. The zero-order valence-electron chi connectivity index (χ0n) is 20.4. The van der Waals surface area contributed by atoms with Crippen LogP contribution in [0.25, 0.3) is 0 Å². The second-order valence-corrected chi connectivity index (χ2v) is 9.56. The number of rotatable bonds is 10. The van der Waals surface area contributed by atoms with E-state index in [2.05, 4.69) is 58.6 Å². The lowest BCUT2D eigenvalue weighted by atomic mass is 9.96. The van der Waals surface area contributed by atoms with E-state index in [1.807, 2.05) is 24.7 Å². The molecule has 4 rings (SSSR count). The summed E-state index contributed by atoms with van der Waals surface area (Å²) in [6.45, 7) is 8.74. The smallest absolute Gasteiger partial charge is 0.122 e. The van der Waals surface area contributed by atoms with Crippen LogP contribution in [-0.4, -0.2) is 51.5 Å². The average molecular weight is 464 g/mol. The van der Waals surface area contributed by atoms with Crippen molar-refractivity contribution in [1.82, 2.24) is 14.5 Å². The van der Waals surface area contributed by atoms with Gasteiger partial charge in [-0.15, -0.1) is 0 Å². The second-order valence-electron chi connectivity index (χ2n) is 9.56. The molecule has 1 fully saturated rings. The summed E-state index contributed by atoms with van der Waals surface area (Å²) >= 11 is 0. The van der Waals surface area contributed by atoms with Gasteiger partial charge in [0.1, 0.15) is 18.1 Å². The Balaban J connectivity index is 1.24. The molecule has 1 aromatic heterocycles. The fourth-order valence-electron chi connectivity index (χ4n) is 4.56. The largest absolute Gasteiger partial charge is 0.494 e. The molecule has 3 aromatic rings. The summed E-state index contributed by atoms with van der Waals surface area (Å²) in [6, 6.07) is 14.5. The maximum absolute atomic E-state index is 11.2. The van der Waals surface area contributed by atoms with E-state index in [4.69, 9.17) is 9.47 Å². The summed E-state index contributed by atoms with van der Waals surface area (Å²) in [7, 11) is 0. The number of aliphatic hydroxyl groups is 1. The van der Waals surface area contributed by atoms with Crippen molar-refractivity contribution >= 4 is 0 Å². The molecule has 1 N–H and O–H groups in total. The molecule has 34 heavy (non-hydrogen) atoms. The highest BCUT2D eigenvalue weighted by Crippen LogP contribution is 2.27. The van der Waals surface area contributed by atoms with Gasteiger partial charge in [-0.3, -0.25) is 4.90 Å². The highest BCUT2D eigenvalue weighted by Gasteiger charge is 2.31. The Bertz CT molecular complexity index is 1040. The molecule has 0 aliphatic carbocycles. The molecule has 2 aromatic carbocycles. The lowest BCUT2D eigenvalue weighted by Crippen LogP contribution is -2.37. The number of hydrogen-bond donors (Lipinski definition) is 1. The van der Waals surface area contributed by atoms with Crippen LogP contribution in [0.2, 0.25) is 0 Å². The Kier molecular flexibility index (Phi) is 8.25. The molecule has 182 valence electrons. The van der Waals surface area contributed by atoms with Gasteiger partial charge in [0.25, 0.3) is 0 Å². The molecular formula is C28H37N3O3. The Labute approximate surface area is 203 Å². The second kappa shape index (κ2) is 11.5. The Hall–Kier alpha value is -2.83. The van der Waals surface area contributed by atoms with E-state index in [1.165, 1.54) is 11.1 Å². The van der Waals surface area contributed by atoms with Crippen molar-refractivity contribution in [3.05, 3.63) is 77.9 Å². The summed E-state index contributed by atoms with van der Waals surface area (Å²) in [5.74, 6) is 1.78. The summed E-state index contributed by atoms with van der Waals surface area (Å²) < 4.78 is 14.1. The molecule has 0 radical (unpaired) electrons. The predicted octanol–water partition coefficient (Wildman–Crippen LogP) is 4.77. The first kappa shape index (κ1) is 24.3. The van der Waals surface area contributed by atoms with Gasteiger partial charge < -0.3 is 19.1 Å². The number of aryl methyl sites for hydroxylation is 3. The van der Waals surface area contributed by atoms with Crippen molar-refractivity contribution < 1.29 is 14.6 Å². The van der Waals surface area contributed by atoms with Crippen LogP contribution in [0.5, 0.6) is 11.5 Å². The van der Waals surface area contributed by atoms with Crippen LogP contribution < -0.4 is 9.47 Å². The molecule has 6 heteroatoms. The van der Waals surface area contributed by atoms with E-state index >= 15 is 0 Å². The van der Waals surface area contributed by atoms with Crippen LogP contribution >= 0.6 is 0 Å². The normalized spacial score (nSPS) is 19.0. The SMILES string of the molecule is Cc1ccc(OC[C@]2(O)CCCN(Cc3cccc(OCCCn4ccnc4)c3)CC2)c(C)c1. The molecule has 0 saturated carbocycles. The molecule has 6 nitrogen and oxygen atoms in total. The molecule has 0 spiro atoms. The number of ether oxygens (including phenoxy) is 2. The van der Waals surface area contributed by atoms with Gasteiger partial charge in [0.05, 0.1) is 18.5 Å². The molecule has 1 atom stereocenters. The first-order valence-electron chi connectivity index (χ1n) is 12.3. The monoisotopic (exact) mass is 463 g/mol. The molecule has 1 aliphatic rings. The first-order chi connectivity index (χ1) is 16.5. The molecular weight excluding hydrogens is 426 g/mol. The van der Waals surface area contributed by atoms with E-state index in [0.717, 1.165) is 62.5 Å². The van der Waals surface area contributed by atoms with Gasteiger partial charge in [0.15, 0.2) is 0 Å². The average Bonchev–Trinajstić information content (AvgIpc) is 3.27. The highest BCUT2D eigenvalue weighted by atomic mass is 16.5. The number of likely N-dealkylation sites (tertiary alicyclic amines) is 1. The van der Waals surface area contributed by atoms with Gasteiger partial charge in [-0.25, -0.2) is 4.98 Å². The number of benzene rings is 2. The van der Waals surface area contributed by atoms with Gasteiger partial charge in [0.2, 0.25) is 0 Å². The minimum absolute atomic E-state index is 0.340. The van der Waals surface area contributed by atoms with E-state index in [0.29, 0.717) is 19.6 Å². The Morgan fingerprint density at radius 2 is 1.97 bits per heavy atom. The van der Waals surface area contributed by atoms with Gasteiger partial charge in [0, 0.05) is 32.0 Å².